The molecule has 1 heterocycles. The van der Waals surface area contributed by atoms with Crippen molar-refractivity contribution in [3.63, 3.8) is 0 Å². The molecule has 0 saturated heterocycles. The predicted octanol–water partition coefficient (Wildman–Crippen LogP) is 1.11. The average molecular weight is 174 g/mol. The lowest BCUT2D eigenvalue weighted by Gasteiger charge is -2.03. The number of hydrogen-bond donors (Lipinski definition) is 2. The molecule has 0 radical (unpaired) electrons. The van der Waals surface area contributed by atoms with Crippen molar-refractivity contribution in [2.24, 2.45) is 5.73 Å². The Bertz CT molecular complexity index is 225. The Morgan fingerprint density at radius 1 is 1.55 bits per heavy atom. The molecule has 62 valence electrons. The molecule has 11 heavy (non-hydrogen) atoms. The first kappa shape index (κ1) is 10.2. The van der Waals surface area contributed by atoms with Crippen LogP contribution in [-0.2, 0) is 0 Å². The molecule has 0 aromatic carbocycles. The number of aromatic nitrogens is 1. The number of halogens is 1. The molecule has 1 rings (SSSR count). The maximum Gasteiger partial charge on any atom is 0.123 e. The monoisotopic (exact) mass is 173 g/mol. The van der Waals surface area contributed by atoms with E-state index < -0.39 is 0 Å². The predicted molar refractivity (Wildman–Crippen MR) is 48.5 cm³/mol. The van der Waals surface area contributed by atoms with Gasteiger partial charge in [0.1, 0.15) is 5.82 Å². The fraction of sp³-hybridized carbons (Fsp3) is 0.286. The second-order valence-electron chi connectivity index (χ2n) is 2.30. The smallest absolute Gasteiger partial charge is 0.123 e. The molecule has 4 heteroatoms. The van der Waals surface area contributed by atoms with Crippen molar-refractivity contribution in [3.05, 3.63) is 23.9 Å². The molecule has 3 nitrogen and oxygen atoms in total. The van der Waals surface area contributed by atoms with Gasteiger partial charge in [0.05, 0.1) is 0 Å². The van der Waals surface area contributed by atoms with Gasteiger partial charge in [0.2, 0.25) is 0 Å². The van der Waals surface area contributed by atoms with Crippen molar-refractivity contribution in [1.82, 2.24) is 4.98 Å². The van der Waals surface area contributed by atoms with E-state index in [9.17, 15) is 0 Å². The standard InChI is InChI=1S/C7H11N3.ClH/c1-5(8)6-2-3-10-7(9)4-6;/h2-5H,8H2,1H3,(H2,9,10);1H/t5-;/m1./s1. The van der Waals surface area contributed by atoms with Crippen LogP contribution < -0.4 is 11.5 Å². The molecule has 1 atom stereocenters. The number of nitrogen functional groups attached to an aromatic ring is 1. The Labute approximate surface area is 72.2 Å². The highest BCUT2D eigenvalue weighted by molar-refractivity contribution is 5.85. The Morgan fingerprint density at radius 3 is 2.55 bits per heavy atom. The van der Waals surface area contributed by atoms with Crippen LogP contribution in [0.15, 0.2) is 18.3 Å². The Morgan fingerprint density at radius 2 is 2.18 bits per heavy atom. The molecule has 0 aliphatic heterocycles. The van der Waals surface area contributed by atoms with E-state index in [4.69, 9.17) is 11.5 Å². The highest BCUT2D eigenvalue weighted by Crippen LogP contribution is 2.09. The molecule has 0 spiro atoms. The summed E-state index contributed by atoms with van der Waals surface area (Å²) in [5.41, 5.74) is 12.0. The quantitative estimate of drug-likeness (QED) is 0.669. The first-order chi connectivity index (χ1) is 4.70. The number of rotatable bonds is 1. The SMILES string of the molecule is C[C@@H](N)c1ccnc(N)c1.Cl. The highest BCUT2D eigenvalue weighted by Gasteiger charge is 1.97. The van der Waals surface area contributed by atoms with Gasteiger partial charge in [-0.2, -0.15) is 0 Å². The first-order valence-corrected chi connectivity index (χ1v) is 3.17. The van der Waals surface area contributed by atoms with Gasteiger partial charge >= 0.3 is 0 Å². The van der Waals surface area contributed by atoms with Gasteiger partial charge in [0, 0.05) is 12.2 Å². The fourth-order valence-corrected chi connectivity index (χ4v) is 0.749. The minimum absolute atomic E-state index is 0. The molecular formula is C7H12ClN3. The Hall–Kier alpha value is -0.800. The molecule has 0 aliphatic carbocycles. The van der Waals surface area contributed by atoms with Crippen molar-refractivity contribution in [1.29, 1.82) is 0 Å². The largest absolute Gasteiger partial charge is 0.384 e. The summed E-state index contributed by atoms with van der Waals surface area (Å²) in [6.07, 6.45) is 1.66. The van der Waals surface area contributed by atoms with Crippen LogP contribution in [0, 0.1) is 0 Å². The minimum Gasteiger partial charge on any atom is -0.384 e. The lowest BCUT2D eigenvalue weighted by Crippen LogP contribution is -2.05. The maximum atomic E-state index is 5.60. The summed E-state index contributed by atoms with van der Waals surface area (Å²) in [5.74, 6) is 0.523. The molecule has 1 aromatic heterocycles. The van der Waals surface area contributed by atoms with E-state index in [0.29, 0.717) is 5.82 Å². The number of nitrogens with two attached hydrogens (primary N) is 2. The highest BCUT2D eigenvalue weighted by atomic mass is 35.5. The number of pyridine rings is 1. The zero-order chi connectivity index (χ0) is 7.56. The molecular weight excluding hydrogens is 162 g/mol. The summed E-state index contributed by atoms with van der Waals surface area (Å²) in [6, 6.07) is 3.68. The number of nitrogens with zero attached hydrogens (tertiary/aromatic N) is 1. The van der Waals surface area contributed by atoms with E-state index in [1.54, 1.807) is 12.3 Å². The second kappa shape index (κ2) is 4.16. The molecule has 0 fully saturated rings. The Balaban J connectivity index is 0.000001000. The lowest BCUT2D eigenvalue weighted by molar-refractivity contribution is 0.816. The number of hydrogen-bond acceptors (Lipinski definition) is 3. The van der Waals surface area contributed by atoms with Gasteiger partial charge in [-0.3, -0.25) is 0 Å². The summed E-state index contributed by atoms with van der Waals surface area (Å²) in [7, 11) is 0. The van der Waals surface area contributed by atoms with Gasteiger partial charge in [0.15, 0.2) is 0 Å². The minimum atomic E-state index is 0. The van der Waals surface area contributed by atoms with Crippen molar-refractivity contribution in [2.75, 3.05) is 5.73 Å². The summed E-state index contributed by atoms with van der Waals surface area (Å²) in [4.78, 5) is 3.84. The summed E-state index contributed by atoms with van der Waals surface area (Å²) >= 11 is 0. The average Bonchev–Trinajstić information content (AvgIpc) is 1.88. The van der Waals surface area contributed by atoms with Crippen molar-refractivity contribution >= 4 is 18.2 Å². The fourth-order valence-electron chi connectivity index (χ4n) is 0.749. The molecule has 0 aliphatic rings. The van der Waals surface area contributed by atoms with E-state index in [0.717, 1.165) is 5.56 Å². The van der Waals surface area contributed by atoms with Crippen molar-refractivity contribution in [3.8, 4) is 0 Å². The van der Waals surface area contributed by atoms with E-state index in [1.165, 1.54) is 0 Å². The summed E-state index contributed by atoms with van der Waals surface area (Å²) in [6.45, 7) is 1.91. The molecule has 4 N–H and O–H groups in total. The third-order valence-corrected chi connectivity index (χ3v) is 1.33. The van der Waals surface area contributed by atoms with Crippen LogP contribution in [0.25, 0.3) is 0 Å². The van der Waals surface area contributed by atoms with Crippen LogP contribution in [0.1, 0.15) is 18.5 Å². The third kappa shape index (κ3) is 2.74. The van der Waals surface area contributed by atoms with Crippen LogP contribution in [-0.4, -0.2) is 4.98 Å². The summed E-state index contributed by atoms with van der Waals surface area (Å²) < 4.78 is 0. The second-order valence-corrected chi connectivity index (χ2v) is 2.30. The van der Waals surface area contributed by atoms with Crippen LogP contribution in [0.5, 0.6) is 0 Å². The van der Waals surface area contributed by atoms with Crippen molar-refractivity contribution in [2.45, 2.75) is 13.0 Å². The molecule has 0 saturated carbocycles. The van der Waals surface area contributed by atoms with Gasteiger partial charge in [-0.15, -0.1) is 12.4 Å². The van der Waals surface area contributed by atoms with Gasteiger partial charge in [0.25, 0.3) is 0 Å². The topological polar surface area (TPSA) is 64.9 Å². The van der Waals surface area contributed by atoms with Crippen molar-refractivity contribution < 1.29 is 0 Å². The molecule has 0 bridgehead atoms. The number of anilines is 1. The van der Waals surface area contributed by atoms with E-state index >= 15 is 0 Å². The molecule has 0 unspecified atom stereocenters. The third-order valence-electron chi connectivity index (χ3n) is 1.33. The van der Waals surface area contributed by atoms with Gasteiger partial charge < -0.3 is 11.5 Å². The zero-order valence-corrected chi connectivity index (χ0v) is 7.14. The molecule has 0 amide bonds. The first-order valence-electron chi connectivity index (χ1n) is 3.17. The maximum absolute atomic E-state index is 5.60. The normalized spacial score (nSPS) is 11.8. The van der Waals surface area contributed by atoms with E-state index in [1.807, 2.05) is 13.0 Å². The van der Waals surface area contributed by atoms with Gasteiger partial charge in [-0.05, 0) is 24.6 Å². The lowest BCUT2D eigenvalue weighted by atomic mass is 10.1. The van der Waals surface area contributed by atoms with Crippen LogP contribution in [0.3, 0.4) is 0 Å². The zero-order valence-electron chi connectivity index (χ0n) is 6.32. The van der Waals surface area contributed by atoms with Gasteiger partial charge in [-0.25, -0.2) is 4.98 Å². The molecule has 1 aromatic rings. The van der Waals surface area contributed by atoms with Gasteiger partial charge in [-0.1, -0.05) is 0 Å². The summed E-state index contributed by atoms with van der Waals surface area (Å²) in [5, 5.41) is 0. The van der Waals surface area contributed by atoms with Crippen LogP contribution in [0.4, 0.5) is 5.82 Å². The Kier molecular flexibility index (Phi) is 3.85. The van der Waals surface area contributed by atoms with E-state index in [2.05, 4.69) is 4.98 Å². The van der Waals surface area contributed by atoms with E-state index in [-0.39, 0.29) is 18.4 Å². The van der Waals surface area contributed by atoms with Crippen LogP contribution in [0.2, 0.25) is 0 Å². The van der Waals surface area contributed by atoms with Crippen LogP contribution >= 0.6 is 12.4 Å².